The van der Waals surface area contributed by atoms with Gasteiger partial charge in [0.15, 0.2) is 0 Å². The van der Waals surface area contributed by atoms with Crippen molar-refractivity contribution in [2.75, 3.05) is 0 Å². The van der Waals surface area contributed by atoms with E-state index < -0.39 is 5.97 Å². The normalized spacial score (nSPS) is 27.8. The van der Waals surface area contributed by atoms with E-state index in [0.717, 1.165) is 18.5 Å². The third-order valence-corrected chi connectivity index (χ3v) is 4.46. The summed E-state index contributed by atoms with van der Waals surface area (Å²) in [6, 6.07) is 5.72. The molecule has 3 atom stereocenters. The highest BCUT2D eigenvalue weighted by Crippen LogP contribution is 2.42. The highest BCUT2D eigenvalue weighted by Gasteiger charge is 2.50. The van der Waals surface area contributed by atoms with E-state index in [9.17, 15) is 14.7 Å². The number of rotatable bonds is 4. The molecule has 0 saturated carbocycles. The molecule has 106 valence electrons. The maximum absolute atomic E-state index is 12.4. The molecule has 2 aliphatic rings. The highest BCUT2D eigenvalue weighted by molar-refractivity contribution is 5.80. The van der Waals surface area contributed by atoms with Crippen LogP contribution >= 0.6 is 0 Å². The van der Waals surface area contributed by atoms with Crippen molar-refractivity contribution in [2.24, 2.45) is 5.92 Å². The van der Waals surface area contributed by atoms with Crippen LogP contribution in [0.15, 0.2) is 24.4 Å². The van der Waals surface area contributed by atoms with Crippen LogP contribution < -0.4 is 0 Å². The number of carbonyl (C=O) groups excluding carboxylic acids is 1. The smallest absolute Gasteiger partial charge is 0.308 e. The molecule has 2 fully saturated rings. The molecule has 20 heavy (non-hydrogen) atoms. The lowest BCUT2D eigenvalue weighted by Gasteiger charge is -2.23. The molecule has 1 N–H and O–H groups in total. The first-order chi connectivity index (χ1) is 9.66. The fourth-order valence-electron chi connectivity index (χ4n) is 3.55. The van der Waals surface area contributed by atoms with Crippen LogP contribution in [0.2, 0.25) is 0 Å². The number of carboxylic acids is 1. The van der Waals surface area contributed by atoms with Crippen molar-refractivity contribution in [3.05, 3.63) is 30.1 Å². The summed E-state index contributed by atoms with van der Waals surface area (Å²) in [5, 5.41) is 9.19. The van der Waals surface area contributed by atoms with E-state index >= 15 is 0 Å². The first-order valence-electron chi connectivity index (χ1n) is 7.10. The number of carboxylic acid groups (broad SMARTS) is 1. The van der Waals surface area contributed by atoms with E-state index in [4.69, 9.17) is 0 Å². The molecule has 5 nitrogen and oxygen atoms in total. The summed E-state index contributed by atoms with van der Waals surface area (Å²) in [4.78, 5) is 29.6. The van der Waals surface area contributed by atoms with E-state index in [2.05, 4.69) is 4.98 Å². The molecule has 0 aromatic carbocycles. The molecule has 0 spiro atoms. The van der Waals surface area contributed by atoms with Gasteiger partial charge in [0.25, 0.3) is 0 Å². The second-order valence-electron chi connectivity index (χ2n) is 5.60. The number of aliphatic carboxylic acids is 1. The molecule has 1 aromatic rings. The Morgan fingerprint density at radius 3 is 2.85 bits per heavy atom. The molecule has 5 heteroatoms. The molecular formula is C15H18N2O3. The number of amides is 1. The van der Waals surface area contributed by atoms with Gasteiger partial charge in [-0.3, -0.25) is 14.6 Å². The van der Waals surface area contributed by atoms with Crippen molar-refractivity contribution in [1.82, 2.24) is 9.88 Å². The molecule has 2 saturated heterocycles. The standard InChI is InChI=1S/C15H18N2O3/c18-14(7-4-10-3-1-2-8-16-10)17-11-5-6-13(17)12(9-11)15(19)20/h1-3,8,11-13H,4-7,9H2,(H,19,20). The number of nitrogens with zero attached hydrogens (tertiary/aromatic N) is 2. The average molecular weight is 274 g/mol. The lowest BCUT2D eigenvalue weighted by molar-refractivity contribution is -0.143. The van der Waals surface area contributed by atoms with E-state index in [1.165, 1.54) is 0 Å². The molecule has 3 rings (SSSR count). The summed E-state index contributed by atoms with van der Waals surface area (Å²) < 4.78 is 0. The minimum Gasteiger partial charge on any atom is -0.481 e. The third kappa shape index (κ3) is 2.28. The summed E-state index contributed by atoms with van der Waals surface area (Å²) in [6.07, 6.45) is 5.15. The van der Waals surface area contributed by atoms with Crippen molar-refractivity contribution in [3.63, 3.8) is 0 Å². The first-order valence-corrected chi connectivity index (χ1v) is 7.10. The largest absolute Gasteiger partial charge is 0.481 e. The van der Waals surface area contributed by atoms with Gasteiger partial charge < -0.3 is 10.0 Å². The van der Waals surface area contributed by atoms with E-state index in [-0.39, 0.29) is 23.9 Å². The Morgan fingerprint density at radius 2 is 2.20 bits per heavy atom. The van der Waals surface area contributed by atoms with Crippen molar-refractivity contribution >= 4 is 11.9 Å². The summed E-state index contributed by atoms with van der Waals surface area (Å²) in [5.74, 6) is -1.06. The second kappa shape index (κ2) is 5.23. The summed E-state index contributed by atoms with van der Waals surface area (Å²) >= 11 is 0. The number of pyridine rings is 1. The van der Waals surface area contributed by atoms with Crippen LogP contribution in [-0.4, -0.2) is 39.0 Å². The maximum Gasteiger partial charge on any atom is 0.308 e. The van der Waals surface area contributed by atoms with Crippen molar-refractivity contribution < 1.29 is 14.7 Å². The van der Waals surface area contributed by atoms with Gasteiger partial charge in [-0.25, -0.2) is 0 Å². The predicted octanol–water partition coefficient (Wildman–Crippen LogP) is 1.48. The van der Waals surface area contributed by atoms with Gasteiger partial charge in [-0.05, 0) is 37.8 Å². The predicted molar refractivity (Wildman–Crippen MR) is 72.0 cm³/mol. The molecule has 0 aliphatic carbocycles. The van der Waals surface area contributed by atoms with Gasteiger partial charge in [0, 0.05) is 30.4 Å². The Kier molecular flexibility index (Phi) is 3.42. The Morgan fingerprint density at radius 1 is 1.35 bits per heavy atom. The number of hydrogen-bond donors (Lipinski definition) is 1. The Labute approximate surface area is 117 Å². The van der Waals surface area contributed by atoms with Crippen LogP contribution in [0.1, 0.15) is 31.4 Å². The number of fused-ring (bicyclic) bond motifs is 2. The molecule has 3 heterocycles. The van der Waals surface area contributed by atoms with Gasteiger partial charge in [-0.1, -0.05) is 6.07 Å². The Balaban J connectivity index is 1.62. The topological polar surface area (TPSA) is 70.5 Å². The lowest BCUT2D eigenvalue weighted by atomic mass is 9.89. The van der Waals surface area contributed by atoms with E-state index in [1.54, 1.807) is 6.20 Å². The third-order valence-electron chi connectivity index (χ3n) is 4.46. The minimum absolute atomic E-state index is 0.0758. The minimum atomic E-state index is -0.764. The van der Waals surface area contributed by atoms with Crippen molar-refractivity contribution in [3.8, 4) is 0 Å². The fraction of sp³-hybridized carbons (Fsp3) is 0.533. The summed E-state index contributed by atoms with van der Waals surface area (Å²) in [5.41, 5.74) is 0.905. The van der Waals surface area contributed by atoms with Crippen LogP contribution in [0.25, 0.3) is 0 Å². The Bertz CT molecular complexity index is 517. The number of carbonyl (C=O) groups is 2. The van der Waals surface area contributed by atoms with E-state index in [0.29, 0.717) is 19.3 Å². The SMILES string of the molecule is O=C(O)C1CC2CCC1N2C(=O)CCc1ccccn1. The fourth-order valence-corrected chi connectivity index (χ4v) is 3.55. The summed E-state index contributed by atoms with van der Waals surface area (Å²) in [7, 11) is 0. The van der Waals surface area contributed by atoms with Gasteiger partial charge in [-0.15, -0.1) is 0 Å². The van der Waals surface area contributed by atoms with Crippen LogP contribution in [0.4, 0.5) is 0 Å². The number of aryl methyl sites for hydroxylation is 1. The van der Waals surface area contributed by atoms with E-state index in [1.807, 2.05) is 23.1 Å². The molecule has 2 bridgehead atoms. The molecule has 3 unspecified atom stereocenters. The van der Waals surface area contributed by atoms with Crippen molar-refractivity contribution in [1.29, 1.82) is 0 Å². The van der Waals surface area contributed by atoms with Gasteiger partial charge >= 0.3 is 5.97 Å². The zero-order chi connectivity index (χ0) is 14.1. The zero-order valence-corrected chi connectivity index (χ0v) is 11.2. The van der Waals surface area contributed by atoms with Crippen LogP contribution in [0, 0.1) is 5.92 Å². The van der Waals surface area contributed by atoms with Gasteiger partial charge in [-0.2, -0.15) is 0 Å². The highest BCUT2D eigenvalue weighted by atomic mass is 16.4. The molecule has 0 radical (unpaired) electrons. The zero-order valence-electron chi connectivity index (χ0n) is 11.2. The Hall–Kier alpha value is -1.91. The summed E-state index contributed by atoms with van der Waals surface area (Å²) in [6.45, 7) is 0. The first kappa shape index (κ1) is 13.1. The van der Waals surface area contributed by atoms with Gasteiger partial charge in [0.05, 0.1) is 5.92 Å². The maximum atomic E-state index is 12.4. The van der Waals surface area contributed by atoms with Crippen LogP contribution in [-0.2, 0) is 16.0 Å². The van der Waals surface area contributed by atoms with Gasteiger partial charge in [0.2, 0.25) is 5.91 Å². The quantitative estimate of drug-likeness (QED) is 0.902. The van der Waals surface area contributed by atoms with Crippen molar-refractivity contribution in [2.45, 2.75) is 44.2 Å². The molecule has 1 aromatic heterocycles. The molecular weight excluding hydrogens is 256 g/mol. The number of hydrogen-bond acceptors (Lipinski definition) is 3. The van der Waals surface area contributed by atoms with Crippen LogP contribution in [0.3, 0.4) is 0 Å². The van der Waals surface area contributed by atoms with Crippen LogP contribution in [0.5, 0.6) is 0 Å². The average Bonchev–Trinajstić information content (AvgIpc) is 3.03. The number of aromatic nitrogens is 1. The molecule has 1 amide bonds. The lowest BCUT2D eigenvalue weighted by Crippen LogP contribution is -2.38. The monoisotopic (exact) mass is 274 g/mol. The molecule has 2 aliphatic heterocycles. The van der Waals surface area contributed by atoms with Gasteiger partial charge in [0.1, 0.15) is 0 Å². The second-order valence-corrected chi connectivity index (χ2v) is 5.60.